The first kappa shape index (κ1) is 23.8. The normalized spacial score (nSPS) is 15.1. The van der Waals surface area contributed by atoms with Gasteiger partial charge in [-0.05, 0) is 23.3 Å². The summed E-state index contributed by atoms with van der Waals surface area (Å²) in [4.78, 5) is 37.7. The molecule has 0 saturated heterocycles. The number of primary amides is 1. The number of hydrogen-bond donors (Lipinski definition) is 3. The van der Waals surface area contributed by atoms with E-state index in [9.17, 15) is 14.4 Å². The predicted molar refractivity (Wildman–Crippen MR) is 131 cm³/mol. The third-order valence-electron chi connectivity index (χ3n) is 5.36. The van der Waals surface area contributed by atoms with Crippen molar-refractivity contribution in [3.63, 3.8) is 0 Å². The molecule has 1 aliphatic rings. The van der Waals surface area contributed by atoms with E-state index in [0.717, 1.165) is 0 Å². The molecule has 0 spiro atoms. The van der Waals surface area contributed by atoms with Crippen molar-refractivity contribution in [3.8, 4) is 11.5 Å². The number of nitrogens with one attached hydrogen (secondary N) is 2. The smallest absolute Gasteiger partial charge is 0.320 e. The third kappa shape index (κ3) is 5.12. The molecule has 3 amide bonds. The SMILES string of the molecule is COc1cc([C@H]2NC(=O)NC(c3ccccc3)=C2C(=O)c2ccccc2)cc(Cl)c1OCC(N)=O. The summed E-state index contributed by atoms with van der Waals surface area (Å²) in [6, 6.07) is 19.7. The van der Waals surface area contributed by atoms with Crippen LogP contribution >= 0.6 is 11.6 Å². The molecule has 3 aromatic rings. The molecule has 178 valence electrons. The molecule has 35 heavy (non-hydrogen) atoms. The van der Waals surface area contributed by atoms with Gasteiger partial charge in [-0.25, -0.2) is 4.79 Å². The third-order valence-corrected chi connectivity index (χ3v) is 5.64. The number of carbonyl (C=O) groups is 3. The number of benzene rings is 3. The topological polar surface area (TPSA) is 120 Å². The molecule has 0 fully saturated rings. The van der Waals surface area contributed by atoms with E-state index >= 15 is 0 Å². The quantitative estimate of drug-likeness (QED) is 0.413. The Labute approximate surface area is 206 Å². The molecule has 0 aliphatic carbocycles. The summed E-state index contributed by atoms with van der Waals surface area (Å²) in [5.74, 6) is -0.607. The molecule has 0 unspecified atom stereocenters. The lowest BCUT2D eigenvalue weighted by molar-refractivity contribution is -0.119. The Kier molecular flexibility index (Phi) is 7.03. The van der Waals surface area contributed by atoms with Gasteiger partial charge in [0.2, 0.25) is 0 Å². The van der Waals surface area contributed by atoms with E-state index in [0.29, 0.717) is 28.0 Å². The van der Waals surface area contributed by atoms with Crippen LogP contribution in [-0.4, -0.2) is 31.4 Å². The first-order valence-electron chi connectivity index (χ1n) is 10.6. The monoisotopic (exact) mass is 491 g/mol. The molecule has 1 atom stereocenters. The van der Waals surface area contributed by atoms with Gasteiger partial charge in [-0.3, -0.25) is 9.59 Å². The molecule has 0 saturated carbocycles. The lowest BCUT2D eigenvalue weighted by Gasteiger charge is -2.30. The summed E-state index contributed by atoms with van der Waals surface area (Å²) in [5, 5.41) is 5.74. The van der Waals surface area contributed by atoms with E-state index in [1.54, 1.807) is 36.4 Å². The van der Waals surface area contributed by atoms with Crippen molar-refractivity contribution in [2.75, 3.05) is 13.7 Å². The van der Waals surface area contributed by atoms with Crippen LogP contribution in [0, 0.1) is 0 Å². The number of Topliss-reactive ketones (excluding diaryl/α,β-unsaturated/α-hetero) is 1. The minimum Gasteiger partial charge on any atom is -0.493 e. The summed E-state index contributed by atoms with van der Waals surface area (Å²) in [6.07, 6.45) is 0. The number of methoxy groups -OCH3 is 1. The second kappa shape index (κ2) is 10.3. The average molecular weight is 492 g/mol. The highest BCUT2D eigenvalue weighted by molar-refractivity contribution is 6.32. The Balaban J connectivity index is 1.89. The molecule has 1 heterocycles. The molecular weight excluding hydrogens is 470 g/mol. The van der Waals surface area contributed by atoms with Crippen LogP contribution in [0.25, 0.3) is 5.70 Å². The second-order valence-corrected chi connectivity index (χ2v) is 8.08. The zero-order chi connectivity index (χ0) is 24.9. The van der Waals surface area contributed by atoms with Gasteiger partial charge in [-0.1, -0.05) is 72.3 Å². The standard InChI is InChI=1S/C26H22ClN3O5/c1-34-19-13-17(12-18(27)25(19)35-14-20(28)31)23-21(24(32)16-10-6-3-7-11-16)22(29-26(33)30-23)15-8-4-2-5-9-15/h2-13,23H,14H2,1H3,(H2,28,31)(H2,29,30,33)/t23-/m1/s1. The van der Waals surface area contributed by atoms with E-state index in [2.05, 4.69) is 10.6 Å². The van der Waals surface area contributed by atoms with Gasteiger partial charge in [-0.2, -0.15) is 0 Å². The van der Waals surface area contributed by atoms with Gasteiger partial charge < -0.3 is 25.8 Å². The van der Waals surface area contributed by atoms with Crippen LogP contribution in [-0.2, 0) is 4.79 Å². The predicted octanol–water partition coefficient (Wildman–Crippen LogP) is 3.86. The number of rotatable bonds is 8. The van der Waals surface area contributed by atoms with Crippen molar-refractivity contribution >= 4 is 35.0 Å². The fraction of sp³-hybridized carbons (Fsp3) is 0.115. The molecule has 0 aromatic heterocycles. The van der Waals surface area contributed by atoms with Crippen molar-refractivity contribution < 1.29 is 23.9 Å². The molecule has 4 N–H and O–H groups in total. The van der Waals surface area contributed by atoms with E-state index < -0.39 is 24.6 Å². The highest BCUT2D eigenvalue weighted by Crippen LogP contribution is 2.41. The van der Waals surface area contributed by atoms with E-state index in [1.165, 1.54) is 7.11 Å². The van der Waals surface area contributed by atoms with Crippen LogP contribution in [0.3, 0.4) is 0 Å². The van der Waals surface area contributed by atoms with Crippen molar-refractivity contribution in [2.24, 2.45) is 5.73 Å². The molecule has 9 heteroatoms. The van der Waals surface area contributed by atoms with Gasteiger partial charge in [0, 0.05) is 5.56 Å². The van der Waals surface area contributed by atoms with Crippen molar-refractivity contribution in [1.29, 1.82) is 0 Å². The van der Waals surface area contributed by atoms with Crippen LogP contribution in [0.1, 0.15) is 27.5 Å². The average Bonchev–Trinajstić information content (AvgIpc) is 2.87. The maximum atomic E-state index is 13.8. The molecule has 3 aromatic carbocycles. The fourth-order valence-corrected chi connectivity index (χ4v) is 4.10. The number of amides is 3. The van der Waals surface area contributed by atoms with Crippen molar-refractivity contribution in [1.82, 2.24) is 10.6 Å². The van der Waals surface area contributed by atoms with Crippen LogP contribution in [0.5, 0.6) is 11.5 Å². The Morgan fingerprint density at radius 1 is 1.03 bits per heavy atom. The number of carbonyl (C=O) groups excluding carboxylic acids is 3. The molecule has 1 aliphatic heterocycles. The number of halogens is 1. The molecular formula is C26H22ClN3O5. The Hall–Kier alpha value is -4.30. The Morgan fingerprint density at radius 3 is 2.31 bits per heavy atom. The van der Waals surface area contributed by atoms with Crippen molar-refractivity contribution in [3.05, 3.63) is 100 Å². The summed E-state index contributed by atoms with van der Waals surface area (Å²) in [5.41, 5.74) is 7.50. The van der Waals surface area contributed by atoms with Gasteiger partial charge in [0.1, 0.15) is 0 Å². The minimum atomic E-state index is -0.858. The lowest BCUT2D eigenvalue weighted by Crippen LogP contribution is -2.45. The summed E-state index contributed by atoms with van der Waals surface area (Å²) >= 11 is 6.46. The van der Waals surface area contributed by atoms with Crippen LogP contribution < -0.4 is 25.8 Å². The first-order valence-corrected chi connectivity index (χ1v) is 11.0. The van der Waals surface area contributed by atoms with Gasteiger partial charge in [-0.15, -0.1) is 0 Å². The van der Waals surface area contributed by atoms with E-state index in [1.807, 2.05) is 36.4 Å². The molecule has 8 nitrogen and oxygen atoms in total. The van der Waals surface area contributed by atoms with Gasteiger partial charge in [0.25, 0.3) is 5.91 Å². The van der Waals surface area contributed by atoms with E-state index in [-0.39, 0.29) is 22.3 Å². The Morgan fingerprint density at radius 2 is 1.69 bits per heavy atom. The zero-order valence-electron chi connectivity index (χ0n) is 18.7. The Bertz CT molecular complexity index is 1310. The highest BCUT2D eigenvalue weighted by atomic mass is 35.5. The van der Waals surface area contributed by atoms with Crippen LogP contribution in [0.15, 0.2) is 78.4 Å². The highest BCUT2D eigenvalue weighted by Gasteiger charge is 2.34. The fourth-order valence-electron chi connectivity index (χ4n) is 3.83. The van der Waals surface area contributed by atoms with E-state index in [4.69, 9.17) is 26.8 Å². The summed E-state index contributed by atoms with van der Waals surface area (Å²) in [6.45, 7) is -0.394. The first-order chi connectivity index (χ1) is 16.9. The lowest BCUT2D eigenvalue weighted by atomic mass is 9.87. The number of hydrogen-bond acceptors (Lipinski definition) is 5. The number of nitrogens with two attached hydrogens (primary N) is 1. The summed E-state index contributed by atoms with van der Waals surface area (Å²) in [7, 11) is 1.41. The van der Waals surface area contributed by atoms with Gasteiger partial charge in [0.05, 0.1) is 29.4 Å². The minimum absolute atomic E-state index is 0.125. The van der Waals surface area contributed by atoms with Crippen LogP contribution in [0.4, 0.5) is 4.79 Å². The number of urea groups is 1. The molecule has 0 bridgehead atoms. The zero-order valence-corrected chi connectivity index (χ0v) is 19.5. The molecule has 0 radical (unpaired) electrons. The van der Waals surface area contributed by atoms with Gasteiger partial charge in [0.15, 0.2) is 23.9 Å². The number of ketones is 1. The maximum Gasteiger partial charge on any atom is 0.320 e. The van der Waals surface area contributed by atoms with Crippen LogP contribution in [0.2, 0.25) is 5.02 Å². The maximum absolute atomic E-state index is 13.8. The molecule has 4 rings (SSSR count). The largest absolute Gasteiger partial charge is 0.493 e. The summed E-state index contributed by atoms with van der Waals surface area (Å²) < 4.78 is 10.8. The second-order valence-electron chi connectivity index (χ2n) is 7.67. The number of ether oxygens (including phenoxy) is 2. The van der Waals surface area contributed by atoms with Gasteiger partial charge >= 0.3 is 6.03 Å². The van der Waals surface area contributed by atoms with Crippen molar-refractivity contribution in [2.45, 2.75) is 6.04 Å².